The molecule has 0 amide bonds. The third-order valence-corrected chi connectivity index (χ3v) is 4.90. The molecule has 0 fully saturated rings. The number of hydrogen-bond donors (Lipinski definition) is 0. The SMILES string of the molecule is CC(C)CCCC(C)CCCC(C)CCCC(C)CC[NH]. The van der Waals surface area contributed by atoms with Crippen LogP contribution in [0.15, 0.2) is 0 Å². The highest BCUT2D eigenvalue weighted by atomic mass is 14.5. The topological polar surface area (TPSA) is 23.8 Å². The van der Waals surface area contributed by atoms with Gasteiger partial charge in [0.25, 0.3) is 0 Å². The lowest BCUT2D eigenvalue weighted by Gasteiger charge is -2.16. The summed E-state index contributed by atoms with van der Waals surface area (Å²) in [7, 11) is 0. The molecule has 1 nitrogen and oxygen atoms in total. The molecule has 0 rings (SSSR count). The van der Waals surface area contributed by atoms with Crippen LogP contribution in [0.1, 0.15) is 98.8 Å². The summed E-state index contributed by atoms with van der Waals surface area (Å²) in [6.07, 6.45) is 13.7. The van der Waals surface area contributed by atoms with E-state index in [1.807, 2.05) is 0 Å². The summed E-state index contributed by atoms with van der Waals surface area (Å²) < 4.78 is 0. The van der Waals surface area contributed by atoms with Crippen LogP contribution in [-0.2, 0) is 0 Å². The smallest absolute Gasteiger partial charge is 0.0102 e. The fourth-order valence-corrected chi connectivity index (χ4v) is 3.18. The van der Waals surface area contributed by atoms with Gasteiger partial charge in [0.1, 0.15) is 0 Å². The van der Waals surface area contributed by atoms with Crippen LogP contribution in [0.5, 0.6) is 0 Å². The Kier molecular flexibility index (Phi) is 13.6. The largest absolute Gasteiger partial charge is 0.258 e. The third-order valence-electron chi connectivity index (χ3n) is 4.90. The summed E-state index contributed by atoms with van der Waals surface area (Å²) in [5.41, 5.74) is 7.26. The zero-order chi connectivity index (χ0) is 16.1. The molecule has 0 aromatic carbocycles. The summed E-state index contributed by atoms with van der Waals surface area (Å²) in [6, 6.07) is 0. The first-order valence-electron chi connectivity index (χ1n) is 9.60. The van der Waals surface area contributed by atoms with Crippen LogP contribution in [0.3, 0.4) is 0 Å². The highest BCUT2D eigenvalue weighted by Gasteiger charge is 2.07. The van der Waals surface area contributed by atoms with Gasteiger partial charge in [0.2, 0.25) is 0 Å². The van der Waals surface area contributed by atoms with Crippen molar-refractivity contribution in [2.24, 2.45) is 23.7 Å². The van der Waals surface area contributed by atoms with E-state index >= 15 is 0 Å². The predicted octanol–water partition coefficient (Wildman–Crippen LogP) is 6.73. The van der Waals surface area contributed by atoms with Crippen LogP contribution in [0.25, 0.3) is 0 Å². The van der Waals surface area contributed by atoms with Crippen LogP contribution in [0.2, 0.25) is 0 Å². The molecule has 0 aliphatic rings. The lowest BCUT2D eigenvalue weighted by atomic mass is 9.91. The molecule has 1 radical (unpaired) electrons. The molecule has 0 spiro atoms. The molecule has 0 heterocycles. The second kappa shape index (κ2) is 13.6. The van der Waals surface area contributed by atoms with Crippen molar-refractivity contribution in [2.75, 3.05) is 6.54 Å². The minimum Gasteiger partial charge on any atom is -0.258 e. The van der Waals surface area contributed by atoms with Crippen LogP contribution < -0.4 is 5.73 Å². The van der Waals surface area contributed by atoms with Gasteiger partial charge in [-0.2, -0.15) is 0 Å². The Morgan fingerprint density at radius 2 is 0.857 bits per heavy atom. The van der Waals surface area contributed by atoms with Crippen LogP contribution in [-0.4, -0.2) is 6.54 Å². The Hall–Kier alpha value is -0.0400. The number of hydrogen-bond acceptors (Lipinski definition) is 0. The zero-order valence-corrected chi connectivity index (χ0v) is 15.6. The molecule has 0 saturated carbocycles. The van der Waals surface area contributed by atoms with Crippen molar-refractivity contribution in [2.45, 2.75) is 98.8 Å². The van der Waals surface area contributed by atoms with E-state index in [4.69, 9.17) is 5.73 Å². The highest BCUT2D eigenvalue weighted by molar-refractivity contribution is 4.61. The first-order chi connectivity index (χ1) is 9.95. The van der Waals surface area contributed by atoms with E-state index < -0.39 is 0 Å². The quantitative estimate of drug-likeness (QED) is 0.339. The summed E-state index contributed by atoms with van der Waals surface area (Å²) in [5.74, 6) is 3.45. The molecule has 21 heavy (non-hydrogen) atoms. The van der Waals surface area contributed by atoms with E-state index in [9.17, 15) is 0 Å². The van der Waals surface area contributed by atoms with E-state index in [1.165, 1.54) is 57.8 Å². The van der Waals surface area contributed by atoms with Gasteiger partial charge in [0.15, 0.2) is 0 Å². The summed E-state index contributed by atoms with van der Waals surface area (Å²) >= 11 is 0. The summed E-state index contributed by atoms with van der Waals surface area (Å²) in [6.45, 7) is 12.4. The van der Waals surface area contributed by atoms with Gasteiger partial charge >= 0.3 is 0 Å². The molecule has 1 N–H and O–H groups in total. The average Bonchev–Trinajstić information content (AvgIpc) is 2.38. The van der Waals surface area contributed by atoms with Crippen molar-refractivity contribution in [3.05, 3.63) is 0 Å². The minimum atomic E-state index is 0.603. The normalized spacial score (nSPS) is 16.1. The maximum atomic E-state index is 7.26. The van der Waals surface area contributed by atoms with E-state index in [0.717, 1.165) is 30.1 Å². The highest BCUT2D eigenvalue weighted by Crippen LogP contribution is 2.22. The van der Waals surface area contributed by atoms with Gasteiger partial charge in [0, 0.05) is 6.54 Å². The Bertz CT molecular complexity index is 212. The fraction of sp³-hybridized carbons (Fsp3) is 1.00. The molecular formula is C20H42N. The molecule has 1 heteroatoms. The second-order valence-corrected chi connectivity index (χ2v) is 8.04. The van der Waals surface area contributed by atoms with Gasteiger partial charge in [-0.25, -0.2) is 0 Å². The van der Waals surface area contributed by atoms with E-state index in [0.29, 0.717) is 6.54 Å². The molecule has 0 aliphatic carbocycles. The van der Waals surface area contributed by atoms with E-state index in [1.54, 1.807) is 0 Å². The van der Waals surface area contributed by atoms with Gasteiger partial charge in [0.05, 0.1) is 0 Å². The first-order valence-corrected chi connectivity index (χ1v) is 9.60. The fourth-order valence-electron chi connectivity index (χ4n) is 3.18. The average molecular weight is 297 g/mol. The molecule has 0 aromatic rings. The van der Waals surface area contributed by atoms with Crippen molar-refractivity contribution in [1.82, 2.24) is 5.73 Å². The maximum Gasteiger partial charge on any atom is 0.0102 e. The van der Waals surface area contributed by atoms with Crippen LogP contribution in [0, 0.1) is 23.7 Å². The van der Waals surface area contributed by atoms with Crippen molar-refractivity contribution < 1.29 is 0 Å². The Morgan fingerprint density at radius 3 is 1.19 bits per heavy atom. The lowest BCUT2D eigenvalue weighted by Crippen LogP contribution is -2.02. The minimum absolute atomic E-state index is 0.603. The zero-order valence-electron chi connectivity index (χ0n) is 15.6. The molecule has 127 valence electrons. The Morgan fingerprint density at radius 1 is 0.524 bits per heavy atom. The van der Waals surface area contributed by atoms with Gasteiger partial charge in [-0.1, -0.05) is 92.4 Å². The molecule has 0 saturated heterocycles. The first kappa shape index (κ1) is 21.0. The maximum absolute atomic E-state index is 7.26. The van der Waals surface area contributed by atoms with Crippen molar-refractivity contribution in [3.8, 4) is 0 Å². The summed E-state index contributed by atoms with van der Waals surface area (Å²) in [4.78, 5) is 0. The van der Waals surface area contributed by atoms with Crippen molar-refractivity contribution in [1.29, 1.82) is 0 Å². The van der Waals surface area contributed by atoms with Crippen molar-refractivity contribution >= 4 is 0 Å². The molecule has 3 unspecified atom stereocenters. The molecule has 3 atom stereocenters. The van der Waals surface area contributed by atoms with Gasteiger partial charge < -0.3 is 0 Å². The van der Waals surface area contributed by atoms with Gasteiger partial charge in [-0.15, -0.1) is 0 Å². The van der Waals surface area contributed by atoms with Crippen LogP contribution >= 0.6 is 0 Å². The standard InChI is InChI=1S/C20H42N/c1-17(2)9-6-10-18(3)11-7-12-19(4)13-8-14-20(5)15-16-21/h17-21H,6-16H2,1-5H3. The monoisotopic (exact) mass is 296 g/mol. The molecular weight excluding hydrogens is 254 g/mol. The lowest BCUT2D eigenvalue weighted by molar-refractivity contribution is 0.375. The van der Waals surface area contributed by atoms with Crippen LogP contribution in [0.4, 0.5) is 0 Å². The Balaban J connectivity index is 3.45. The summed E-state index contributed by atoms with van der Waals surface area (Å²) in [5, 5.41) is 0. The van der Waals surface area contributed by atoms with E-state index in [2.05, 4.69) is 34.6 Å². The van der Waals surface area contributed by atoms with Gasteiger partial charge in [-0.05, 0) is 30.1 Å². The molecule has 0 bridgehead atoms. The third kappa shape index (κ3) is 14.7. The second-order valence-electron chi connectivity index (χ2n) is 8.04. The predicted molar refractivity (Wildman–Crippen MR) is 96.5 cm³/mol. The van der Waals surface area contributed by atoms with Crippen molar-refractivity contribution in [3.63, 3.8) is 0 Å². The Labute approximate surface area is 135 Å². The molecule has 0 aromatic heterocycles. The van der Waals surface area contributed by atoms with E-state index in [-0.39, 0.29) is 0 Å². The van der Waals surface area contributed by atoms with Gasteiger partial charge in [-0.3, -0.25) is 5.73 Å². The number of nitrogens with one attached hydrogen (secondary N) is 1. The molecule has 0 aliphatic heterocycles. The number of rotatable bonds is 14.